The maximum absolute atomic E-state index is 6.01. The minimum absolute atomic E-state index is 0.0703. The Morgan fingerprint density at radius 2 is 1.95 bits per heavy atom. The van der Waals surface area contributed by atoms with E-state index in [4.69, 9.17) is 17.3 Å². The van der Waals surface area contributed by atoms with Gasteiger partial charge >= 0.3 is 0 Å². The van der Waals surface area contributed by atoms with Crippen LogP contribution >= 0.6 is 27.5 Å². The van der Waals surface area contributed by atoms with Gasteiger partial charge in [0, 0.05) is 21.7 Å². The van der Waals surface area contributed by atoms with Crippen molar-refractivity contribution in [3.05, 3.63) is 62.6 Å². The second-order valence-electron chi connectivity index (χ2n) is 4.95. The largest absolute Gasteiger partial charge is 0.377 e. The first-order valence-electron chi connectivity index (χ1n) is 6.49. The van der Waals surface area contributed by atoms with Crippen LogP contribution in [-0.4, -0.2) is 6.54 Å². The molecule has 0 heterocycles. The number of hydrogen-bond donors (Lipinski definition) is 2. The third-order valence-corrected chi connectivity index (χ3v) is 3.92. The standard InChI is InChI=1S/C16H18BrClN2/c1-10-5-12(17)8-14(6-10)20-16(9-19)15-4-3-13(18)7-11(15)2/h3-8,16,20H,9,19H2,1-2H3. The smallest absolute Gasteiger partial charge is 0.0638 e. The van der Waals surface area contributed by atoms with Crippen LogP contribution in [0.2, 0.25) is 5.02 Å². The molecule has 0 fully saturated rings. The number of benzene rings is 2. The average Bonchev–Trinajstić information content (AvgIpc) is 2.35. The SMILES string of the molecule is Cc1cc(Br)cc(NC(CN)c2ccc(Cl)cc2C)c1. The summed E-state index contributed by atoms with van der Waals surface area (Å²) in [6.07, 6.45) is 0. The Kier molecular flexibility index (Phi) is 5.08. The van der Waals surface area contributed by atoms with Crippen LogP contribution in [0, 0.1) is 13.8 Å². The van der Waals surface area contributed by atoms with Gasteiger partial charge in [0.15, 0.2) is 0 Å². The summed E-state index contributed by atoms with van der Waals surface area (Å²) in [5.41, 5.74) is 10.5. The topological polar surface area (TPSA) is 38.0 Å². The summed E-state index contributed by atoms with van der Waals surface area (Å²) >= 11 is 9.53. The summed E-state index contributed by atoms with van der Waals surface area (Å²) in [4.78, 5) is 0. The van der Waals surface area contributed by atoms with Crippen LogP contribution in [-0.2, 0) is 0 Å². The third kappa shape index (κ3) is 3.75. The first-order valence-corrected chi connectivity index (χ1v) is 7.66. The summed E-state index contributed by atoms with van der Waals surface area (Å²) in [5.74, 6) is 0. The van der Waals surface area contributed by atoms with Gasteiger partial charge in [-0.05, 0) is 60.9 Å². The van der Waals surface area contributed by atoms with Gasteiger partial charge in [0.1, 0.15) is 0 Å². The maximum atomic E-state index is 6.01. The number of nitrogens with two attached hydrogens (primary N) is 1. The van der Waals surface area contributed by atoms with Gasteiger partial charge in [0.05, 0.1) is 6.04 Å². The van der Waals surface area contributed by atoms with E-state index in [2.05, 4.69) is 53.3 Å². The highest BCUT2D eigenvalue weighted by Crippen LogP contribution is 2.26. The molecule has 1 atom stereocenters. The summed E-state index contributed by atoms with van der Waals surface area (Å²) in [6, 6.07) is 12.2. The molecule has 0 saturated carbocycles. The molecule has 0 saturated heterocycles. The van der Waals surface area contributed by atoms with Gasteiger partial charge in [-0.1, -0.05) is 33.6 Å². The molecule has 0 aromatic heterocycles. The number of rotatable bonds is 4. The Morgan fingerprint density at radius 1 is 1.20 bits per heavy atom. The molecule has 1 unspecified atom stereocenters. The van der Waals surface area contributed by atoms with Crippen LogP contribution < -0.4 is 11.1 Å². The molecule has 0 amide bonds. The third-order valence-electron chi connectivity index (χ3n) is 3.23. The van der Waals surface area contributed by atoms with Crippen LogP contribution in [0.1, 0.15) is 22.7 Å². The van der Waals surface area contributed by atoms with Gasteiger partial charge in [0.2, 0.25) is 0 Å². The molecule has 2 rings (SSSR count). The van der Waals surface area contributed by atoms with E-state index >= 15 is 0 Å². The van der Waals surface area contributed by atoms with E-state index in [0.29, 0.717) is 6.54 Å². The van der Waals surface area contributed by atoms with Gasteiger partial charge in [-0.3, -0.25) is 0 Å². The lowest BCUT2D eigenvalue weighted by atomic mass is 10.0. The highest BCUT2D eigenvalue weighted by Gasteiger charge is 2.12. The fraction of sp³-hybridized carbons (Fsp3) is 0.250. The van der Waals surface area contributed by atoms with Crippen LogP contribution in [0.5, 0.6) is 0 Å². The van der Waals surface area contributed by atoms with Crippen molar-refractivity contribution >= 4 is 33.2 Å². The van der Waals surface area contributed by atoms with E-state index in [9.17, 15) is 0 Å². The Morgan fingerprint density at radius 3 is 2.55 bits per heavy atom. The van der Waals surface area contributed by atoms with Crippen molar-refractivity contribution < 1.29 is 0 Å². The number of aryl methyl sites for hydroxylation is 2. The van der Waals surface area contributed by atoms with E-state index in [-0.39, 0.29) is 6.04 Å². The normalized spacial score (nSPS) is 12.2. The van der Waals surface area contributed by atoms with Gasteiger partial charge < -0.3 is 11.1 Å². The van der Waals surface area contributed by atoms with Crippen molar-refractivity contribution in [1.82, 2.24) is 0 Å². The Labute approximate surface area is 133 Å². The summed E-state index contributed by atoms with van der Waals surface area (Å²) < 4.78 is 1.06. The minimum atomic E-state index is 0.0703. The van der Waals surface area contributed by atoms with E-state index in [0.717, 1.165) is 20.7 Å². The minimum Gasteiger partial charge on any atom is -0.377 e. The van der Waals surface area contributed by atoms with Crippen LogP contribution in [0.4, 0.5) is 5.69 Å². The number of nitrogens with one attached hydrogen (secondary N) is 1. The molecule has 0 aliphatic carbocycles. The molecule has 0 spiro atoms. The average molecular weight is 354 g/mol. The number of anilines is 1. The summed E-state index contributed by atoms with van der Waals surface area (Å²) in [5, 5.41) is 4.24. The highest BCUT2D eigenvalue weighted by molar-refractivity contribution is 9.10. The molecule has 2 nitrogen and oxygen atoms in total. The van der Waals surface area contributed by atoms with Crippen molar-refractivity contribution in [3.63, 3.8) is 0 Å². The summed E-state index contributed by atoms with van der Waals surface area (Å²) in [6.45, 7) is 4.65. The molecule has 0 aliphatic heterocycles. The molecule has 4 heteroatoms. The fourth-order valence-electron chi connectivity index (χ4n) is 2.31. The van der Waals surface area contributed by atoms with E-state index < -0.39 is 0 Å². The Hall–Kier alpha value is -1.03. The first kappa shape index (κ1) is 15.4. The molecule has 106 valence electrons. The molecule has 0 aliphatic rings. The van der Waals surface area contributed by atoms with Crippen molar-refractivity contribution in [2.45, 2.75) is 19.9 Å². The second kappa shape index (κ2) is 6.61. The molecule has 20 heavy (non-hydrogen) atoms. The fourth-order valence-corrected chi connectivity index (χ4v) is 3.15. The zero-order valence-corrected chi connectivity index (χ0v) is 13.9. The van der Waals surface area contributed by atoms with Crippen molar-refractivity contribution in [2.24, 2.45) is 5.73 Å². The lowest BCUT2D eigenvalue weighted by Crippen LogP contribution is -2.21. The van der Waals surface area contributed by atoms with Gasteiger partial charge in [-0.15, -0.1) is 0 Å². The maximum Gasteiger partial charge on any atom is 0.0638 e. The predicted octanol–water partition coefficient (Wildman–Crippen LogP) is 4.83. The van der Waals surface area contributed by atoms with Crippen molar-refractivity contribution in [3.8, 4) is 0 Å². The lowest BCUT2D eigenvalue weighted by molar-refractivity contribution is 0.783. The number of halogens is 2. The van der Waals surface area contributed by atoms with E-state index in [1.165, 1.54) is 11.1 Å². The summed E-state index contributed by atoms with van der Waals surface area (Å²) in [7, 11) is 0. The van der Waals surface area contributed by atoms with Crippen LogP contribution in [0.25, 0.3) is 0 Å². The van der Waals surface area contributed by atoms with Gasteiger partial charge in [-0.25, -0.2) is 0 Å². The lowest BCUT2D eigenvalue weighted by Gasteiger charge is -2.21. The zero-order chi connectivity index (χ0) is 14.7. The second-order valence-corrected chi connectivity index (χ2v) is 6.30. The molecule has 2 aromatic carbocycles. The van der Waals surface area contributed by atoms with Gasteiger partial charge in [-0.2, -0.15) is 0 Å². The molecular weight excluding hydrogens is 336 g/mol. The monoisotopic (exact) mass is 352 g/mol. The quantitative estimate of drug-likeness (QED) is 0.826. The predicted molar refractivity (Wildman–Crippen MR) is 90.5 cm³/mol. The van der Waals surface area contributed by atoms with Crippen molar-refractivity contribution in [2.75, 3.05) is 11.9 Å². The molecule has 3 N–H and O–H groups in total. The van der Waals surface area contributed by atoms with Crippen LogP contribution in [0.3, 0.4) is 0 Å². The van der Waals surface area contributed by atoms with Crippen LogP contribution in [0.15, 0.2) is 40.9 Å². The molecular formula is C16H18BrClN2. The number of hydrogen-bond acceptors (Lipinski definition) is 2. The van der Waals surface area contributed by atoms with E-state index in [1.54, 1.807) is 0 Å². The van der Waals surface area contributed by atoms with E-state index in [1.807, 2.05) is 18.2 Å². The Bertz CT molecular complexity index is 593. The van der Waals surface area contributed by atoms with Gasteiger partial charge in [0.25, 0.3) is 0 Å². The first-order chi connectivity index (χ1) is 9.49. The molecule has 0 bridgehead atoms. The van der Waals surface area contributed by atoms with Crippen molar-refractivity contribution in [1.29, 1.82) is 0 Å². The highest BCUT2D eigenvalue weighted by atomic mass is 79.9. The molecule has 2 aromatic rings. The zero-order valence-electron chi connectivity index (χ0n) is 11.6. The molecule has 0 radical (unpaired) electrons. The Balaban J connectivity index is 2.28.